The van der Waals surface area contributed by atoms with Crippen molar-refractivity contribution in [1.29, 1.82) is 0 Å². The molecule has 1 atom stereocenters. The molecule has 0 saturated carbocycles. The maximum Gasteiger partial charge on any atom is 0.259 e. The number of aliphatic imine (C=N–C) groups is 2. The van der Waals surface area contributed by atoms with Gasteiger partial charge in [-0.15, -0.1) is 0 Å². The van der Waals surface area contributed by atoms with Crippen molar-refractivity contribution in [3.05, 3.63) is 77.9 Å². The molecular weight excluding hydrogens is 546 g/mol. The molecule has 3 aromatic rings. The summed E-state index contributed by atoms with van der Waals surface area (Å²) in [5.41, 5.74) is 2.77. The van der Waals surface area contributed by atoms with E-state index in [0.29, 0.717) is 45.2 Å². The molecule has 3 aliphatic rings. The minimum Gasteiger partial charge on any atom is -0.497 e. The number of hydrogen-bond donors (Lipinski definition) is 2. The van der Waals surface area contributed by atoms with Crippen LogP contribution >= 0.6 is 11.8 Å². The molecule has 0 unspecified atom stereocenters. The first-order valence-corrected chi connectivity index (χ1v) is 13.8. The fourth-order valence-corrected chi connectivity index (χ4v) is 5.36. The van der Waals surface area contributed by atoms with Crippen LogP contribution in [0.2, 0.25) is 0 Å². The summed E-state index contributed by atoms with van der Waals surface area (Å²) >= 11 is 1.12. The third-order valence-corrected chi connectivity index (χ3v) is 7.48. The molecular formula is C29H25N5O6S. The Bertz CT molecular complexity index is 1610. The van der Waals surface area contributed by atoms with Gasteiger partial charge in [-0.2, -0.15) is 0 Å². The number of hydrogen-bond acceptors (Lipinski definition) is 9. The smallest absolute Gasteiger partial charge is 0.259 e. The highest BCUT2D eigenvalue weighted by molar-refractivity contribution is 8.14. The Hall–Kier alpha value is -4.84. The van der Waals surface area contributed by atoms with Crippen molar-refractivity contribution in [3.8, 4) is 17.2 Å². The average molecular weight is 572 g/mol. The number of thioether (sulfide) groups is 1. The van der Waals surface area contributed by atoms with E-state index < -0.39 is 6.04 Å². The van der Waals surface area contributed by atoms with E-state index in [2.05, 4.69) is 20.6 Å². The molecule has 208 valence electrons. The summed E-state index contributed by atoms with van der Waals surface area (Å²) in [4.78, 5) is 49.7. The summed E-state index contributed by atoms with van der Waals surface area (Å²) in [6.07, 6.45) is -0.125. The number of nitrogens with one attached hydrogen (secondary N) is 2. The van der Waals surface area contributed by atoms with Gasteiger partial charge in [-0.1, -0.05) is 36.0 Å². The molecule has 11 nitrogen and oxygen atoms in total. The number of amidine groups is 2. The summed E-state index contributed by atoms with van der Waals surface area (Å²) in [5.74, 6) is 1.39. The standard InChI is InChI=1S/C29H25N5O6S/c1-38-19-6-4-5-18(12-19)31-26(36)15-41-29-33-21-8-3-2-7-20(21)27-32-22(28(37)34(27)29)13-25(35)30-14-17-9-10-23-24(11-17)40-16-39-23/h2-12,22H,13-16H2,1H3,(H,30,35)(H,31,36)/t22-/m0/s1. The number of anilines is 1. The second kappa shape index (κ2) is 11.3. The third kappa shape index (κ3) is 5.59. The van der Waals surface area contributed by atoms with Crippen LogP contribution in [0.1, 0.15) is 17.5 Å². The number of benzene rings is 3. The Balaban J connectivity index is 1.12. The molecule has 6 rings (SSSR count). The van der Waals surface area contributed by atoms with E-state index in [4.69, 9.17) is 14.2 Å². The number of para-hydroxylation sites is 1. The minimum absolute atomic E-state index is 0.00988. The summed E-state index contributed by atoms with van der Waals surface area (Å²) in [5, 5.41) is 6.00. The van der Waals surface area contributed by atoms with Gasteiger partial charge in [-0.3, -0.25) is 19.4 Å². The van der Waals surface area contributed by atoms with E-state index in [-0.39, 0.29) is 43.2 Å². The van der Waals surface area contributed by atoms with Gasteiger partial charge in [0.05, 0.1) is 25.0 Å². The lowest BCUT2D eigenvalue weighted by atomic mass is 10.1. The van der Waals surface area contributed by atoms with Gasteiger partial charge in [0, 0.05) is 23.9 Å². The van der Waals surface area contributed by atoms with Gasteiger partial charge >= 0.3 is 0 Å². The number of ether oxygens (including phenoxy) is 3. The van der Waals surface area contributed by atoms with Crippen LogP contribution in [0, 0.1) is 0 Å². The number of carbonyl (C=O) groups excluding carboxylic acids is 3. The highest BCUT2D eigenvalue weighted by Gasteiger charge is 2.42. The zero-order valence-corrected chi connectivity index (χ0v) is 22.8. The minimum atomic E-state index is -0.913. The van der Waals surface area contributed by atoms with Crippen LogP contribution in [0.25, 0.3) is 0 Å². The zero-order chi connectivity index (χ0) is 28.3. The molecule has 3 aromatic carbocycles. The summed E-state index contributed by atoms with van der Waals surface area (Å²) in [6, 6.07) is 18.9. The normalized spacial score (nSPS) is 16.4. The van der Waals surface area contributed by atoms with E-state index in [1.54, 1.807) is 37.4 Å². The molecule has 12 heteroatoms. The van der Waals surface area contributed by atoms with E-state index >= 15 is 0 Å². The lowest BCUT2D eigenvalue weighted by Gasteiger charge is -2.25. The summed E-state index contributed by atoms with van der Waals surface area (Å²) < 4.78 is 15.9. The van der Waals surface area contributed by atoms with Crippen molar-refractivity contribution in [1.82, 2.24) is 10.2 Å². The van der Waals surface area contributed by atoms with Gasteiger partial charge in [-0.05, 0) is 42.0 Å². The SMILES string of the molecule is COc1cccc(NC(=O)CSC2=Nc3ccccc3C3=N[C@@H](CC(=O)NCc4ccc5c(c4)OCO5)C(=O)N23)c1. The lowest BCUT2D eigenvalue weighted by molar-refractivity contribution is -0.128. The van der Waals surface area contributed by atoms with Crippen LogP contribution in [0.5, 0.6) is 17.2 Å². The Morgan fingerprint density at radius 2 is 1.90 bits per heavy atom. The molecule has 2 N–H and O–H groups in total. The second-order valence-electron chi connectivity index (χ2n) is 9.29. The first kappa shape index (κ1) is 26.4. The van der Waals surface area contributed by atoms with Gasteiger partial charge in [0.15, 0.2) is 16.7 Å². The Morgan fingerprint density at radius 3 is 2.78 bits per heavy atom. The quantitative estimate of drug-likeness (QED) is 0.423. The molecule has 0 radical (unpaired) electrons. The number of rotatable bonds is 8. The molecule has 0 fully saturated rings. The largest absolute Gasteiger partial charge is 0.497 e. The van der Waals surface area contributed by atoms with Crippen LogP contribution in [0.15, 0.2) is 76.7 Å². The van der Waals surface area contributed by atoms with Crippen molar-refractivity contribution < 1.29 is 28.6 Å². The van der Waals surface area contributed by atoms with Crippen LogP contribution in [0.4, 0.5) is 11.4 Å². The summed E-state index contributed by atoms with van der Waals surface area (Å²) in [7, 11) is 1.55. The first-order chi connectivity index (χ1) is 20.0. The molecule has 0 spiro atoms. The topological polar surface area (TPSA) is 131 Å². The van der Waals surface area contributed by atoms with Gasteiger partial charge in [-0.25, -0.2) is 9.89 Å². The Labute approximate surface area is 239 Å². The molecule has 0 bridgehead atoms. The molecule has 0 aliphatic carbocycles. The predicted molar refractivity (Wildman–Crippen MR) is 154 cm³/mol. The molecule has 41 heavy (non-hydrogen) atoms. The van der Waals surface area contributed by atoms with Crippen LogP contribution in [-0.4, -0.2) is 59.3 Å². The van der Waals surface area contributed by atoms with Gasteiger partial charge < -0.3 is 24.8 Å². The zero-order valence-electron chi connectivity index (χ0n) is 22.0. The fraction of sp³-hybridized carbons (Fsp3) is 0.207. The van der Waals surface area contributed by atoms with Crippen molar-refractivity contribution >= 4 is 51.9 Å². The lowest BCUT2D eigenvalue weighted by Crippen LogP contribution is -2.42. The first-order valence-electron chi connectivity index (χ1n) is 12.8. The molecule has 3 amide bonds. The van der Waals surface area contributed by atoms with E-state index in [1.165, 1.54) is 4.90 Å². The highest BCUT2D eigenvalue weighted by Crippen LogP contribution is 2.35. The third-order valence-electron chi connectivity index (χ3n) is 6.54. The predicted octanol–water partition coefficient (Wildman–Crippen LogP) is 3.46. The number of nitrogens with zero attached hydrogens (tertiary/aromatic N) is 3. The van der Waals surface area contributed by atoms with Crippen LogP contribution in [0.3, 0.4) is 0 Å². The van der Waals surface area contributed by atoms with Crippen molar-refractivity contribution in [2.24, 2.45) is 9.98 Å². The second-order valence-corrected chi connectivity index (χ2v) is 10.2. The van der Waals surface area contributed by atoms with Crippen molar-refractivity contribution in [2.75, 3.05) is 25.0 Å². The molecule has 0 saturated heterocycles. The molecule has 3 heterocycles. The Kier molecular flexibility index (Phi) is 7.30. The van der Waals surface area contributed by atoms with Gasteiger partial charge in [0.2, 0.25) is 18.6 Å². The highest BCUT2D eigenvalue weighted by atomic mass is 32.2. The van der Waals surface area contributed by atoms with E-state index in [9.17, 15) is 14.4 Å². The maximum absolute atomic E-state index is 13.5. The maximum atomic E-state index is 13.5. The number of fused-ring (bicyclic) bond motifs is 4. The van der Waals surface area contributed by atoms with Crippen LogP contribution < -0.4 is 24.8 Å². The van der Waals surface area contributed by atoms with E-state index in [1.807, 2.05) is 36.4 Å². The van der Waals surface area contributed by atoms with Gasteiger partial charge in [0.25, 0.3) is 5.91 Å². The fourth-order valence-electron chi connectivity index (χ4n) is 4.56. The van der Waals surface area contributed by atoms with E-state index in [0.717, 1.165) is 17.3 Å². The van der Waals surface area contributed by atoms with Crippen LogP contribution in [-0.2, 0) is 20.9 Å². The van der Waals surface area contributed by atoms with Crippen molar-refractivity contribution in [2.45, 2.75) is 19.0 Å². The number of carbonyl (C=O) groups is 3. The van der Waals surface area contributed by atoms with Crippen molar-refractivity contribution in [3.63, 3.8) is 0 Å². The number of methoxy groups -OCH3 is 1. The van der Waals surface area contributed by atoms with Gasteiger partial charge in [0.1, 0.15) is 17.6 Å². The molecule has 0 aromatic heterocycles. The number of amides is 3. The molecule has 3 aliphatic heterocycles. The monoisotopic (exact) mass is 571 g/mol. The summed E-state index contributed by atoms with van der Waals surface area (Å²) in [6.45, 7) is 0.440. The Morgan fingerprint density at radius 1 is 1.05 bits per heavy atom. The average Bonchev–Trinajstić information content (AvgIpc) is 3.59.